The Hall–Kier alpha value is -1.98. The molecule has 5 nitrogen and oxygen atoms in total. The third kappa shape index (κ3) is 3.95. The fraction of sp³-hybridized carbons (Fsp3) is 0.655. The molecule has 4 atom stereocenters. The number of methoxy groups -OCH3 is 2. The number of aryl methyl sites for hydroxylation is 1. The first-order chi connectivity index (χ1) is 15.9. The van der Waals surface area contributed by atoms with E-state index in [1.807, 2.05) is 32.9 Å². The summed E-state index contributed by atoms with van der Waals surface area (Å²) in [5, 5.41) is 10.8. The van der Waals surface area contributed by atoms with E-state index in [9.17, 15) is 5.11 Å². The van der Waals surface area contributed by atoms with Crippen LogP contribution in [-0.2, 0) is 15.9 Å². The van der Waals surface area contributed by atoms with Gasteiger partial charge in [0.15, 0.2) is 0 Å². The van der Waals surface area contributed by atoms with Crippen LogP contribution in [0.4, 0.5) is 0 Å². The van der Waals surface area contributed by atoms with Gasteiger partial charge in [-0.1, -0.05) is 31.9 Å². The van der Waals surface area contributed by atoms with Crippen molar-refractivity contribution in [1.29, 1.82) is 0 Å². The molecule has 1 aliphatic carbocycles. The molecule has 0 aromatic heterocycles. The first-order valence-corrected chi connectivity index (χ1v) is 12.5. The molecule has 0 unspecified atom stereocenters. The highest BCUT2D eigenvalue weighted by Crippen LogP contribution is 2.67. The molecule has 2 heterocycles. The molecule has 1 aromatic rings. The summed E-state index contributed by atoms with van der Waals surface area (Å²) in [6, 6.07) is 4.04. The summed E-state index contributed by atoms with van der Waals surface area (Å²) in [5.41, 5.74) is 2.59. The maximum absolute atomic E-state index is 10.8. The van der Waals surface area contributed by atoms with Crippen LogP contribution in [0.5, 0.6) is 11.5 Å². The predicted octanol–water partition coefficient (Wildman–Crippen LogP) is 6.26. The van der Waals surface area contributed by atoms with E-state index >= 15 is 0 Å². The highest BCUT2D eigenvalue weighted by molar-refractivity contribution is 5.47. The van der Waals surface area contributed by atoms with E-state index < -0.39 is 17.5 Å². The van der Waals surface area contributed by atoms with E-state index in [-0.39, 0.29) is 10.8 Å². The molecule has 1 N–H and O–H groups in total. The van der Waals surface area contributed by atoms with E-state index in [0.717, 1.165) is 60.5 Å². The minimum absolute atomic E-state index is 0.0197. The van der Waals surface area contributed by atoms with Crippen molar-refractivity contribution in [2.24, 2.45) is 10.8 Å². The van der Waals surface area contributed by atoms with E-state index in [0.29, 0.717) is 6.42 Å². The SMILES string of the molecule is COc1cc(C)c(OC)c(CC=C(C)CC2=C[C@]3(C)CCC[C@]3(C)[C@@]3(C[C@@H](O)C(C)(C)O3)O2)c1. The molecule has 5 heteroatoms. The van der Waals surface area contributed by atoms with Crippen molar-refractivity contribution >= 4 is 0 Å². The largest absolute Gasteiger partial charge is 0.497 e. The molecule has 2 aliphatic heterocycles. The standard InChI is InChI=1S/C29H42O5/c1-19(10-11-21-16-22(31-7)15-20(2)25(21)32-8)14-23-17-27(5)12-9-13-28(27,6)29(33-23)18-24(30)26(3,4)34-29/h10,15-17,24,30H,9,11-14,18H2,1-8H3/t24-,27+,28+,29+/m1/s1. The average Bonchev–Trinajstić information content (AvgIpc) is 3.19. The van der Waals surface area contributed by atoms with Gasteiger partial charge in [0.2, 0.25) is 5.79 Å². The van der Waals surface area contributed by atoms with Crippen LogP contribution in [-0.4, -0.2) is 36.8 Å². The van der Waals surface area contributed by atoms with Crippen LogP contribution < -0.4 is 9.47 Å². The number of hydrogen-bond donors (Lipinski definition) is 1. The van der Waals surface area contributed by atoms with Gasteiger partial charge in [-0.25, -0.2) is 0 Å². The highest BCUT2D eigenvalue weighted by atomic mass is 16.7. The molecule has 1 spiro atoms. The third-order valence-electron chi connectivity index (χ3n) is 8.83. The molecular weight excluding hydrogens is 428 g/mol. The predicted molar refractivity (Wildman–Crippen MR) is 134 cm³/mol. The van der Waals surface area contributed by atoms with Crippen LogP contribution in [0.15, 0.2) is 35.6 Å². The lowest BCUT2D eigenvalue weighted by Gasteiger charge is -2.54. The number of fused-ring (bicyclic) bond motifs is 2. The zero-order valence-electron chi connectivity index (χ0n) is 22.2. The number of benzene rings is 1. The molecule has 0 radical (unpaired) electrons. The van der Waals surface area contributed by atoms with E-state index in [1.54, 1.807) is 14.2 Å². The Balaban J connectivity index is 1.60. The minimum atomic E-state index is -0.793. The number of allylic oxidation sites excluding steroid dienone is 3. The van der Waals surface area contributed by atoms with Crippen LogP contribution in [0, 0.1) is 17.8 Å². The fourth-order valence-electron chi connectivity index (χ4n) is 6.46. The maximum Gasteiger partial charge on any atom is 0.219 e. The summed E-state index contributed by atoms with van der Waals surface area (Å²) in [7, 11) is 3.40. The van der Waals surface area contributed by atoms with Crippen LogP contribution in [0.2, 0.25) is 0 Å². The van der Waals surface area contributed by atoms with E-state index in [1.165, 1.54) is 5.57 Å². The van der Waals surface area contributed by atoms with Crippen molar-refractivity contribution < 1.29 is 24.1 Å². The second-order valence-electron chi connectivity index (χ2n) is 11.6. The maximum atomic E-state index is 10.8. The molecule has 4 rings (SSSR count). The lowest BCUT2D eigenvalue weighted by Crippen LogP contribution is -2.57. The van der Waals surface area contributed by atoms with Crippen LogP contribution in [0.1, 0.15) is 77.8 Å². The fourth-order valence-corrected chi connectivity index (χ4v) is 6.46. The summed E-state index contributed by atoms with van der Waals surface area (Å²) in [6.07, 6.45) is 9.32. The summed E-state index contributed by atoms with van der Waals surface area (Å²) in [4.78, 5) is 0. The molecule has 0 amide bonds. The monoisotopic (exact) mass is 470 g/mol. The van der Waals surface area contributed by atoms with Gasteiger partial charge >= 0.3 is 0 Å². The summed E-state index contributed by atoms with van der Waals surface area (Å²) in [5.74, 6) is 1.90. The molecule has 2 fully saturated rings. The Bertz CT molecular complexity index is 1010. The van der Waals surface area contributed by atoms with Gasteiger partial charge in [0, 0.05) is 29.2 Å². The minimum Gasteiger partial charge on any atom is -0.497 e. The van der Waals surface area contributed by atoms with Crippen molar-refractivity contribution in [1.82, 2.24) is 0 Å². The van der Waals surface area contributed by atoms with Crippen molar-refractivity contribution in [3.63, 3.8) is 0 Å². The van der Waals surface area contributed by atoms with Crippen molar-refractivity contribution in [3.05, 3.63) is 46.7 Å². The topological polar surface area (TPSA) is 57.2 Å². The Morgan fingerprint density at radius 3 is 2.50 bits per heavy atom. The van der Waals surface area contributed by atoms with E-state index in [2.05, 4.69) is 32.9 Å². The van der Waals surface area contributed by atoms with E-state index in [4.69, 9.17) is 18.9 Å². The number of rotatable bonds is 6. The zero-order valence-corrected chi connectivity index (χ0v) is 22.2. The van der Waals surface area contributed by atoms with Gasteiger partial charge in [-0.05, 0) is 70.7 Å². The van der Waals surface area contributed by atoms with Gasteiger partial charge in [-0.2, -0.15) is 0 Å². The Kier molecular flexibility index (Phi) is 6.35. The Labute approximate surface area is 205 Å². The Morgan fingerprint density at radius 2 is 1.88 bits per heavy atom. The van der Waals surface area contributed by atoms with Crippen molar-refractivity contribution in [2.45, 2.75) is 97.6 Å². The van der Waals surface area contributed by atoms with Crippen LogP contribution in [0.25, 0.3) is 0 Å². The smallest absolute Gasteiger partial charge is 0.219 e. The molecule has 1 aromatic carbocycles. The first kappa shape index (κ1) is 25.1. The van der Waals surface area contributed by atoms with Crippen molar-refractivity contribution in [3.8, 4) is 11.5 Å². The quantitative estimate of drug-likeness (QED) is 0.498. The third-order valence-corrected chi connectivity index (χ3v) is 8.83. The lowest BCUT2D eigenvalue weighted by atomic mass is 9.60. The lowest BCUT2D eigenvalue weighted by molar-refractivity contribution is -0.309. The molecule has 3 aliphatic rings. The number of aliphatic hydroxyl groups excluding tert-OH is 1. The summed E-state index contributed by atoms with van der Waals surface area (Å²) < 4.78 is 24.5. The second kappa shape index (κ2) is 8.60. The van der Waals surface area contributed by atoms with Gasteiger partial charge in [-0.3, -0.25) is 0 Å². The molecule has 1 saturated carbocycles. The highest BCUT2D eigenvalue weighted by Gasteiger charge is 2.69. The average molecular weight is 471 g/mol. The molecule has 1 saturated heterocycles. The van der Waals surface area contributed by atoms with Crippen molar-refractivity contribution in [2.75, 3.05) is 14.2 Å². The van der Waals surface area contributed by atoms with Crippen LogP contribution >= 0.6 is 0 Å². The van der Waals surface area contributed by atoms with Gasteiger partial charge < -0.3 is 24.1 Å². The van der Waals surface area contributed by atoms with Gasteiger partial charge in [0.1, 0.15) is 17.3 Å². The van der Waals surface area contributed by atoms with Gasteiger partial charge in [0.05, 0.1) is 25.9 Å². The summed E-state index contributed by atoms with van der Waals surface area (Å²) >= 11 is 0. The zero-order chi connectivity index (χ0) is 24.9. The second-order valence-corrected chi connectivity index (χ2v) is 11.6. The van der Waals surface area contributed by atoms with Crippen LogP contribution in [0.3, 0.4) is 0 Å². The molecule has 0 bridgehead atoms. The van der Waals surface area contributed by atoms with Gasteiger partial charge in [0.25, 0.3) is 0 Å². The number of ether oxygens (including phenoxy) is 4. The van der Waals surface area contributed by atoms with Gasteiger partial charge in [-0.15, -0.1) is 0 Å². The summed E-state index contributed by atoms with van der Waals surface area (Å²) in [6.45, 7) is 12.8. The number of hydrogen-bond acceptors (Lipinski definition) is 5. The molecule has 34 heavy (non-hydrogen) atoms. The first-order valence-electron chi connectivity index (χ1n) is 12.5. The normalized spacial score (nSPS) is 34.6. The number of aliphatic hydroxyl groups is 1. The Morgan fingerprint density at radius 1 is 1.15 bits per heavy atom. The molecule has 188 valence electrons. The molecular formula is C29H42O5.